The summed E-state index contributed by atoms with van der Waals surface area (Å²) in [7, 11) is 3.58. The molecule has 3 rings (SSSR count). The van der Waals surface area contributed by atoms with Gasteiger partial charge in [-0.1, -0.05) is 30.3 Å². The van der Waals surface area contributed by atoms with Crippen molar-refractivity contribution in [2.24, 2.45) is 4.99 Å². The molecule has 0 aliphatic carbocycles. The van der Waals surface area contributed by atoms with E-state index >= 15 is 0 Å². The average Bonchev–Trinajstić information content (AvgIpc) is 3.25. The number of nitrogens with zero attached hydrogens (tertiary/aromatic N) is 4. The fourth-order valence-corrected chi connectivity index (χ4v) is 3.11. The minimum absolute atomic E-state index is 0.253. The van der Waals surface area contributed by atoms with Crippen LogP contribution in [-0.4, -0.2) is 53.0 Å². The number of aliphatic hydroxyl groups excluding tert-OH is 1. The number of methoxy groups -OCH3 is 1. The zero-order chi connectivity index (χ0) is 21.3. The van der Waals surface area contributed by atoms with Gasteiger partial charge in [-0.3, -0.25) is 4.99 Å². The second-order valence-electron chi connectivity index (χ2n) is 6.97. The first-order chi connectivity index (χ1) is 14.6. The van der Waals surface area contributed by atoms with Crippen LogP contribution in [-0.2, 0) is 6.54 Å². The highest BCUT2D eigenvalue weighted by Gasteiger charge is 2.12. The van der Waals surface area contributed by atoms with Crippen LogP contribution in [0.4, 0.5) is 0 Å². The van der Waals surface area contributed by atoms with Gasteiger partial charge in [0.05, 0.1) is 31.6 Å². The molecule has 7 nitrogen and oxygen atoms in total. The van der Waals surface area contributed by atoms with Crippen molar-refractivity contribution >= 4 is 5.96 Å². The second kappa shape index (κ2) is 10.5. The Balaban J connectivity index is 1.66. The van der Waals surface area contributed by atoms with Crippen LogP contribution in [0.5, 0.6) is 5.75 Å². The smallest absolute Gasteiger partial charge is 0.194 e. The molecule has 0 saturated carbocycles. The predicted molar refractivity (Wildman–Crippen MR) is 119 cm³/mol. The third-order valence-corrected chi connectivity index (χ3v) is 4.67. The van der Waals surface area contributed by atoms with E-state index in [-0.39, 0.29) is 6.54 Å². The fourth-order valence-electron chi connectivity index (χ4n) is 3.11. The summed E-state index contributed by atoms with van der Waals surface area (Å²) in [6.45, 7) is 3.66. The quantitative estimate of drug-likeness (QED) is 0.444. The van der Waals surface area contributed by atoms with E-state index in [1.807, 2.05) is 90.5 Å². The molecule has 0 aliphatic heterocycles. The maximum absolute atomic E-state index is 10.5. The molecule has 3 aromatic rings. The summed E-state index contributed by atoms with van der Waals surface area (Å²) < 4.78 is 7.09. The largest absolute Gasteiger partial charge is 0.497 e. The van der Waals surface area contributed by atoms with Crippen LogP contribution >= 0.6 is 0 Å². The lowest BCUT2D eigenvalue weighted by atomic mass is 10.1. The molecule has 0 bridgehead atoms. The maximum Gasteiger partial charge on any atom is 0.194 e. The number of rotatable bonds is 8. The third-order valence-electron chi connectivity index (χ3n) is 4.67. The van der Waals surface area contributed by atoms with Gasteiger partial charge in [-0.05, 0) is 36.8 Å². The van der Waals surface area contributed by atoms with Crippen LogP contribution in [0.15, 0.2) is 72.0 Å². The van der Waals surface area contributed by atoms with Crippen LogP contribution in [0.3, 0.4) is 0 Å². The van der Waals surface area contributed by atoms with E-state index < -0.39 is 6.10 Å². The number of aromatic nitrogens is 2. The predicted octanol–water partition coefficient (Wildman–Crippen LogP) is 3.01. The van der Waals surface area contributed by atoms with E-state index in [2.05, 4.69) is 15.4 Å². The first-order valence-electron chi connectivity index (χ1n) is 10.0. The first kappa shape index (κ1) is 21.4. The Kier molecular flexibility index (Phi) is 7.45. The third kappa shape index (κ3) is 5.61. The van der Waals surface area contributed by atoms with Crippen molar-refractivity contribution in [3.63, 3.8) is 0 Å². The lowest BCUT2D eigenvalue weighted by molar-refractivity contribution is 0.186. The van der Waals surface area contributed by atoms with Gasteiger partial charge in [0.25, 0.3) is 0 Å². The summed E-state index contributed by atoms with van der Waals surface area (Å²) in [6.07, 6.45) is 3.17. The second-order valence-corrected chi connectivity index (χ2v) is 6.97. The Morgan fingerprint density at radius 1 is 1.23 bits per heavy atom. The highest BCUT2D eigenvalue weighted by Crippen LogP contribution is 2.19. The topological polar surface area (TPSA) is 74.9 Å². The van der Waals surface area contributed by atoms with Gasteiger partial charge in [0.1, 0.15) is 5.75 Å². The summed E-state index contributed by atoms with van der Waals surface area (Å²) in [5.74, 6) is 1.45. The molecular formula is C23H29N5O2. The molecule has 1 aromatic heterocycles. The molecule has 7 heteroatoms. The van der Waals surface area contributed by atoms with Gasteiger partial charge < -0.3 is 20.1 Å². The van der Waals surface area contributed by atoms with Gasteiger partial charge in [0, 0.05) is 31.9 Å². The first-order valence-corrected chi connectivity index (χ1v) is 10.0. The zero-order valence-electron chi connectivity index (χ0n) is 17.7. The normalized spacial score (nSPS) is 12.5. The molecule has 0 saturated heterocycles. The summed E-state index contributed by atoms with van der Waals surface area (Å²) in [5, 5.41) is 18.3. The highest BCUT2D eigenvalue weighted by molar-refractivity contribution is 5.79. The molecule has 0 radical (unpaired) electrons. The van der Waals surface area contributed by atoms with E-state index in [1.165, 1.54) is 0 Å². The number of aliphatic imine (C=N–C) groups is 1. The minimum atomic E-state index is -0.706. The van der Waals surface area contributed by atoms with Crippen LogP contribution < -0.4 is 10.1 Å². The summed E-state index contributed by atoms with van der Waals surface area (Å²) >= 11 is 0. The standard InChI is InChI=1S/C23H29N5O2/c1-4-24-23(25-15-22(29)19-9-8-12-21(13-19)30-3)27(2)16-18-14-26-28(17-18)20-10-6-5-7-11-20/h5-14,17,22,29H,4,15-16H2,1-3H3,(H,24,25). The van der Waals surface area contributed by atoms with Crippen LogP contribution in [0.1, 0.15) is 24.2 Å². The van der Waals surface area contributed by atoms with E-state index in [0.29, 0.717) is 6.54 Å². The van der Waals surface area contributed by atoms with Crippen LogP contribution in [0.2, 0.25) is 0 Å². The number of hydrogen-bond acceptors (Lipinski definition) is 4. The Morgan fingerprint density at radius 2 is 2.03 bits per heavy atom. The van der Waals surface area contributed by atoms with Gasteiger partial charge in [-0.2, -0.15) is 5.10 Å². The SMILES string of the molecule is CCNC(=NCC(O)c1cccc(OC)c1)N(C)Cc1cnn(-c2ccccc2)c1. The molecule has 0 aliphatic rings. The molecular weight excluding hydrogens is 378 g/mol. The number of hydrogen-bond donors (Lipinski definition) is 2. The maximum atomic E-state index is 10.5. The number of benzene rings is 2. The van der Waals surface area contributed by atoms with E-state index in [1.54, 1.807) is 7.11 Å². The monoisotopic (exact) mass is 407 g/mol. The molecule has 0 spiro atoms. The van der Waals surface area contributed by atoms with Gasteiger partial charge in [-0.25, -0.2) is 4.68 Å². The number of nitrogens with one attached hydrogen (secondary N) is 1. The number of aliphatic hydroxyl groups is 1. The molecule has 1 unspecified atom stereocenters. The lowest BCUT2D eigenvalue weighted by Crippen LogP contribution is -2.38. The Morgan fingerprint density at radius 3 is 2.77 bits per heavy atom. The van der Waals surface area contributed by atoms with Crippen molar-refractivity contribution in [3.8, 4) is 11.4 Å². The van der Waals surface area contributed by atoms with Crippen molar-refractivity contribution in [1.29, 1.82) is 0 Å². The Labute approximate surface area is 177 Å². The van der Waals surface area contributed by atoms with E-state index in [4.69, 9.17) is 4.74 Å². The average molecular weight is 408 g/mol. The van der Waals surface area contributed by atoms with E-state index in [9.17, 15) is 5.11 Å². The van der Waals surface area contributed by atoms with Gasteiger partial charge in [0.2, 0.25) is 0 Å². The molecule has 158 valence electrons. The van der Waals surface area contributed by atoms with Crippen molar-refractivity contribution in [1.82, 2.24) is 20.0 Å². The molecule has 0 fully saturated rings. The summed E-state index contributed by atoms with van der Waals surface area (Å²) in [5.41, 5.74) is 2.87. The van der Waals surface area contributed by atoms with Crippen molar-refractivity contribution < 1.29 is 9.84 Å². The van der Waals surface area contributed by atoms with Gasteiger partial charge in [0.15, 0.2) is 5.96 Å². The lowest BCUT2D eigenvalue weighted by Gasteiger charge is -2.22. The number of ether oxygens (including phenoxy) is 1. The Hall–Kier alpha value is -3.32. The van der Waals surface area contributed by atoms with Gasteiger partial charge >= 0.3 is 0 Å². The van der Waals surface area contributed by atoms with Gasteiger partial charge in [-0.15, -0.1) is 0 Å². The van der Waals surface area contributed by atoms with E-state index in [0.717, 1.165) is 35.1 Å². The summed E-state index contributed by atoms with van der Waals surface area (Å²) in [6, 6.07) is 17.4. The highest BCUT2D eigenvalue weighted by atomic mass is 16.5. The van der Waals surface area contributed by atoms with Crippen molar-refractivity contribution in [2.45, 2.75) is 19.6 Å². The molecule has 0 amide bonds. The molecule has 30 heavy (non-hydrogen) atoms. The molecule has 2 N–H and O–H groups in total. The van der Waals surface area contributed by atoms with Crippen LogP contribution in [0, 0.1) is 0 Å². The number of para-hydroxylation sites is 1. The molecule has 2 aromatic carbocycles. The summed E-state index contributed by atoms with van der Waals surface area (Å²) in [4.78, 5) is 6.64. The minimum Gasteiger partial charge on any atom is -0.497 e. The Bertz CT molecular complexity index is 955. The van der Waals surface area contributed by atoms with Crippen LogP contribution in [0.25, 0.3) is 5.69 Å². The molecule has 1 heterocycles. The van der Waals surface area contributed by atoms with Crippen molar-refractivity contribution in [3.05, 3.63) is 78.1 Å². The van der Waals surface area contributed by atoms with Crippen molar-refractivity contribution in [2.75, 3.05) is 27.2 Å². The fraction of sp³-hybridized carbons (Fsp3) is 0.304. The zero-order valence-corrected chi connectivity index (χ0v) is 17.7. The molecule has 1 atom stereocenters. The number of guanidine groups is 1.